The number of hydrogen-bond acceptors (Lipinski definition) is 6. The number of rotatable bonds is 6. The normalized spacial score (nSPS) is 14.4. The van der Waals surface area contributed by atoms with Gasteiger partial charge in [0.15, 0.2) is 5.16 Å². The SMILES string of the molecule is CSc1nc(C)cc(C(=O)NCCN2CCN(c3cccc(C)c3C)CC2)n1.Cl. The number of amides is 1. The smallest absolute Gasteiger partial charge is 0.270 e. The van der Waals surface area contributed by atoms with Crippen LogP contribution in [0.2, 0.25) is 0 Å². The molecule has 1 amide bonds. The van der Waals surface area contributed by atoms with E-state index in [1.807, 2.05) is 13.2 Å². The van der Waals surface area contributed by atoms with Gasteiger partial charge in [-0.2, -0.15) is 0 Å². The predicted octanol–water partition coefficient (Wildman–Crippen LogP) is 3.10. The van der Waals surface area contributed by atoms with Crippen LogP contribution in [0.5, 0.6) is 0 Å². The van der Waals surface area contributed by atoms with E-state index in [0.29, 0.717) is 17.4 Å². The van der Waals surface area contributed by atoms with E-state index in [-0.39, 0.29) is 18.3 Å². The van der Waals surface area contributed by atoms with Gasteiger partial charge in [0, 0.05) is 50.6 Å². The van der Waals surface area contributed by atoms with E-state index in [1.54, 1.807) is 6.07 Å². The highest BCUT2D eigenvalue weighted by Gasteiger charge is 2.19. The summed E-state index contributed by atoms with van der Waals surface area (Å²) in [6, 6.07) is 8.25. The molecule has 1 saturated heterocycles. The third-order valence-corrected chi connectivity index (χ3v) is 5.80. The quantitative estimate of drug-likeness (QED) is 0.555. The molecule has 0 atom stereocenters. The first-order valence-corrected chi connectivity index (χ1v) is 10.9. The van der Waals surface area contributed by atoms with Crippen LogP contribution in [-0.2, 0) is 0 Å². The Bertz CT molecular complexity index is 840. The molecular weight excluding hydrogens is 406 g/mol. The van der Waals surface area contributed by atoms with Crippen LogP contribution in [0, 0.1) is 20.8 Å². The summed E-state index contributed by atoms with van der Waals surface area (Å²) in [4.78, 5) is 25.8. The highest BCUT2D eigenvalue weighted by atomic mass is 35.5. The second-order valence-electron chi connectivity index (χ2n) is 7.18. The number of carbonyl (C=O) groups is 1. The Balaban J connectivity index is 0.00000300. The Morgan fingerprint density at radius 2 is 1.86 bits per heavy atom. The number of halogens is 1. The Labute approximate surface area is 183 Å². The minimum absolute atomic E-state index is 0. The minimum Gasteiger partial charge on any atom is -0.369 e. The molecule has 0 radical (unpaired) electrons. The first-order chi connectivity index (χ1) is 13.5. The number of aromatic nitrogens is 2. The zero-order chi connectivity index (χ0) is 20.1. The fourth-order valence-corrected chi connectivity index (χ4v) is 3.88. The highest BCUT2D eigenvalue weighted by molar-refractivity contribution is 7.98. The fourth-order valence-electron chi connectivity index (χ4n) is 3.46. The van der Waals surface area contributed by atoms with E-state index in [2.05, 4.69) is 57.1 Å². The summed E-state index contributed by atoms with van der Waals surface area (Å²) < 4.78 is 0. The zero-order valence-corrected chi connectivity index (χ0v) is 19.2. The maximum atomic E-state index is 12.4. The largest absolute Gasteiger partial charge is 0.369 e. The van der Waals surface area contributed by atoms with Gasteiger partial charge in [0.2, 0.25) is 0 Å². The molecule has 0 aliphatic carbocycles. The molecule has 0 saturated carbocycles. The van der Waals surface area contributed by atoms with E-state index in [0.717, 1.165) is 38.4 Å². The molecule has 1 aliphatic heterocycles. The summed E-state index contributed by atoms with van der Waals surface area (Å²) in [5.41, 5.74) is 5.31. The van der Waals surface area contributed by atoms with Crippen molar-refractivity contribution in [3.05, 3.63) is 46.8 Å². The average Bonchev–Trinajstić information content (AvgIpc) is 2.70. The molecule has 8 heteroatoms. The lowest BCUT2D eigenvalue weighted by Crippen LogP contribution is -2.48. The lowest BCUT2D eigenvalue weighted by molar-refractivity contribution is 0.0941. The topological polar surface area (TPSA) is 61.4 Å². The van der Waals surface area contributed by atoms with Gasteiger partial charge in [0.25, 0.3) is 5.91 Å². The van der Waals surface area contributed by atoms with Gasteiger partial charge in [0.05, 0.1) is 0 Å². The van der Waals surface area contributed by atoms with Crippen molar-refractivity contribution in [2.24, 2.45) is 0 Å². The van der Waals surface area contributed by atoms with Crippen molar-refractivity contribution in [1.29, 1.82) is 0 Å². The Morgan fingerprint density at radius 3 is 2.55 bits per heavy atom. The van der Waals surface area contributed by atoms with E-state index < -0.39 is 0 Å². The van der Waals surface area contributed by atoms with Gasteiger partial charge >= 0.3 is 0 Å². The van der Waals surface area contributed by atoms with Crippen molar-refractivity contribution in [2.45, 2.75) is 25.9 Å². The fraction of sp³-hybridized carbons (Fsp3) is 0.476. The van der Waals surface area contributed by atoms with Crippen molar-refractivity contribution < 1.29 is 4.79 Å². The number of nitrogens with one attached hydrogen (secondary N) is 1. The third kappa shape index (κ3) is 6.07. The monoisotopic (exact) mass is 435 g/mol. The summed E-state index contributed by atoms with van der Waals surface area (Å²) in [7, 11) is 0. The first kappa shape index (κ1) is 23.4. The molecule has 2 aromatic rings. The van der Waals surface area contributed by atoms with E-state index in [1.165, 1.54) is 28.6 Å². The number of thioether (sulfide) groups is 1. The standard InChI is InChI=1S/C21H29N5OS.ClH/c1-15-6-5-7-19(17(15)3)26-12-10-25(11-13-26)9-8-22-20(27)18-14-16(2)23-21(24-18)28-4;/h5-7,14H,8-13H2,1-4H3,(H,22,27);1H. The van der Waals surface area contributed by atoms with Crippen LogP contribution in [-0.4, -0.2) is 66.3 Å². The van der Waals surface area contributed by atoms with Crippen molar-refractivity contribution in [3.8, 4) is 0 Å². The van der Waals surface area contributed by atoms with Crippen molar-refractivity contribution in [3.63, 3.8) is 0 Å². The number of benzene rings is 1. The molecule has 1 aromatic heterocycles. The number of anilines is 1. The molecule has 6 nitrogen and oxygen atoms in total. The number of hydrogen-bond donors (Lipinski definition) is 1. The van der Waals surface area contributed by atoms with Gasteiger partial charge in [0.1, 0.15) is 5.69 Å². The average molecular weight is 436 g/mol. The van der Waals surface area contributed by atoms with Crippen molar-refractivity contribution in [2.75, 3.05) is 50.4 Å². The van der Waals surface area contributed by atoms with Gasteiger partial charge < -0.3 is 10.2 Å². The Morgan fingerprint density at radius 1 is 1.14 bits per heavy atom. The molecule has 1 N–H and O–H groups in total. The summed E-state index contributed by atoms with van der Waals surface area (Å²) in [5, 5.41) is 3.62. The number of aryl methyl sites for hydroxylation is 2. The van der Waals surface area contributed by atoms with Gasteiger partial charge in [-0.15, -0.1) is 12.4 Å². The molecule has 1 aromatic carbocycles. The molecule has 158 valence electrons. The number of carbonyl (C=O) groups excluding carboxylic acids is 1. The number of piperazine rings is 1. The second-order valence-corrected chi connectivity index (χ2v) is 7.96. The van der Waals surface area contributed by atoms with Gasteiger partial charge in [-0.1, -0.05) is 23.9 Å². The zero-order valence-electron chi connectivity index (χ0n) is 17.6. The summed E-state index contributed by atoms with van der Waals surface area (Å²) in [6.45, 7) is 11.8. The van der Waals surface area contributed by atoms with Gasteiger partial charge in [-0.3, -0.25) is 9.69 Å². The Hall–Kier alpha value is -1.83. The lowest BCUT2D eigenvalue weighted by Gasteiger charge is -2.37. The number of nitrogens with zero attached hydrogens (tertiary/aromatic N) is 4. The van der Waals surface area contributed by atoms with E-state index >= 15 is 0 Å². The van der Waals surface area contributed by atoms with Crippen molar-refractivity contribution >= 4 is 35.8 Å². The molecule has 1 aliphatic rings. The predicted molar refractivity (Wildman–Crippen MR) is 123 cm³/mol. The molecule has 3 rings (SSSR count). The van der Waals surface area contributed by atoms with Gasteiger partial charge in [-0.05, 0) is 50.3 Å². The van der Waals surface area contributed by atoms with Crippen LogP contribution in [0.25, 0.3) is 0 Å². The molecule has 0 spiro atoms. The maximum Gasteiger partial charge on any atom is 0.270 e. The van der Waals surface area contributed by atoms with E-state index in [4.69, 9.17) is 0 Å². The molecule has 1 fully saturated rings. The maximum absolute atomic E-state index is 12.4. The van der Waals surface area contributed by atoms with Crippen LogP contribution >= 0.6 is 24.2 Å². The van der Waals surface area contributed by atoms with Crippen LogP contribution in [0.1, 0.15) is 27.3 Å². The van der Waals surface area contributed by atoms with Crippen LogP contribution < -0.4 is 10.2 Å². The van der Waals surface area contributed by atoms with Crippen LogP contribution in [0.15, 0.2) is 29.4 Å². The summed E-state index contributed by atoms with van der Waals surface area (Å²) in [5.74, 6) is -0.130. The van der Waals surface area contributed by atoms with Gasteiger partial charge in [-0.25, -0.2) is 9.97 Å². The third-order valence-electron chi connectivity index (χ3n) is 5.25. The first-order valence-electron chi connectivity index (χ1n) is 9.69. The molecule has 0 bridgehead atoms. The molecule has 29 heavy (non-hydrogen) atoms. The Kier molecular flexibility index (Phi) is 8.74. The van der Waals surface area contributed by atoms with Crippen LogP contribution in [0.3, 0.4) is 0 Å². The molecular formula is C21H30ClN5OS. The molecule has 2 heterocycles. The second kappa shape index (κ2) is 10.8. The van der Waals surface area contributed by atoms with E-state index in [9.17, 15) is 4.79 Å². The summed E-state index contributed by atoms with van der Waals surface area (Å²) >= 11 is 1.45. The van der Waals surface area contributed by atoms with Crippen molar-refractivity contribution in [1.82, 2.24) is 20.2 Å². The highest BCUT2D eigenvalue weighted by Crippen LogP contribution is 2.23. The lowest BCUT2D eigenvalue weighted by atomic mass is 10.1. The van der Waals surface area contributed by atoms with Crippen LogP contribution in [0.4, 0.5) is 5.69 Å². The molecule has 0 unspecified atom stereocenters. The minimum atomic E-state index is -0.130. The summed E-state index contributed by atoms with van der Waals surface area (Å²) in [6.07, 6.45) is 1.91.